The number of nitrogens with two attached hydrogens (primary N) is 1. The predicted octanol–water partition coefficient (Wildman–Crippen LogP) is 3.25. The average molecular weight is 288 g/mol. The van der Waals surface area contributed by atoms with Crippen LogP contribution >= 0.6 is 0 Å². The molecule has 1 aromatic carbocycles. The van der Waals surface area contributed by atoms with E-state index in [4.69, 9.17) is 5.73 Å². The van der Waals surface area contributed by atoms with Gasteiger partial charge in [-0.25, -0.2) is 0 Å². The van der Waals surface area contributed by atoms with Crippen molar-refractivity contribution in [2.24, 2.45) is 11.1 Å². The lowest BCUT2D eigenvalue weighted by Crippen LogP contribution is -2.48. The van der Waals surface area contributed by atoms with Crippen molar-refractivity contribution < 1.29 is 4.79 Å². The van der Waals surface area contributed by atoms with E-state index in [0.717, 1.165) is 25.7 Å². The number of hydrogen-bond donors (Lipinski definition) is 1. The summed E-state index contributed by atoms with van der Waals surface area (Å²) in [6.07, 6.45) is 3.89. The molecule has 116 valence electrons. The first kappa shape index (κ1) is 16.0. The fourth-order valence-electron chi connectivity index (χ4n) is 2.88. The van der Waals surface area contributed by atoms with Crippen LogP contribution < -0.4 is 5.73 Å². The summed E-state index contributed by atoms with van der Waals surface area (Å²) in [5.41, 5.74) is 8.03. The van der Waals surface area contributed by atoms with Gasteiger partial charge in [0.15, 0.2) is 0 Å². The van der Waals surface area contributed by atoms with E-state index >= 15 is 0 Å². The third-order valence-electron chi connectivity index (χ3n) is 4.92. The standard InChI is InChI=1S/C18H28N2O/c1-4-18(5-2,13-19)17(21)20(16-10-11-16)12-15-8-6-14(3)7-9-15/h6-9,16H,4-5,10-13,19H2,1-3H3. The van der Waals surface area contributed by atoms with Crippen molar-refractivity contribution in [1.29, 1.82) is 0 Å². The Bertz CT molecular complexity index is 464. The van der Waals surface area contributed by atoms with Crippen LogP contribution in [0.3, 0.4) is 0 Å². The second-order valence-electron chi connectivity index (χ2n) is 6.34. The lowest BCUT2D eigenvalue weighted by molar-refractivity contribution is -0.143. The van der Waals surface area contributed by atoms with Gasteiger partial charge in [0.25, 0.3) is 0 Å². The number of rotatable bonds is 7. The van der Waals surface area contributed by atoms with E-state index in [1.165, 1.54) is 11.1 Å². The molecule has 3 heteroatoms. The first-order valence-electron chi connectivity index (χ1n) is 8.13. The SMILES string of the molecule is CCC(CC)(CN)C(=O)N(Cc1ccc(C)cc1)C1CC1. The van der Waals surface area contributed by atoms with Gasteiger partial charge in [-0.2, -0.15) is 0 Å². The molecule has 0 bridgehead atoms. The normalized spacial score (nSPS) is 15.0. The molecule has 0 spiro atoms. The maximum absolute atomic E-state index is 13.1. The van der Waals surface area contributed by atoms with Gasteiger partial charge in [0.05, 0.1) is 5.41 Å². The Morgan fingerprint density at radius 1 is 1.24 bits per heavy atom. The largest absolute Gasteiger partial charge is 0.335 e. The molecule has 0 saturated heterocycles. The molecule has 1 aromatic rings. The van der Waals surface area contributed by atoms with E-state index in [1.807, 2.05) is 0 Å². The number of carbonyl (C=O) groups is 1. The number of nitrogens with zero attached hydrogens (tertiary/aromatic N) is 1. The molecule has 3 nitrogen and oxygen atoms in total. The number of amides is 1. The lowest BCUT2D eigenvalue weighted by atomic mass is 9.80. The molecule has 1 saturated carbocycles. The zero-order valence-electron chi connectivity index (χ0n) is 13.6. The molecule has 1 fully saturated rings. The summed E-state index contributed by atoms with van der Waals surface area (Å²) in [5.74, 6) is 0.248. The van der Waals surface area contributed by atoms with Crippen LogP contribution in [-0.4, -0.2) is 23.4 Å². The zero-order chi connectivity index (χ0) is 15.5. The van der Waals surface area contributed by atoms with E-state index in [0.29, 0.717) is 19.1 Å². The van der Waals surface area contributed by atoms with Crippen molar-refractivity contribution in [2.45, 2.75) is 59.0 Å². The van der Waals surface area contributed by atoms with Gasteiger partial charge in [0.1, 0.15) is 0 Å². The molecule has 0 unspecified atom stereocenters. The minimum atomic E-state index is -0.382. The van der Waals surface area contributed by atoms with Gasteiger partial charge in [-0.05, 0) is 38.2 Å². The quantitative estimate of drug-likeness (QED) is 0.837. The van der Waals surface area contributed by atoms with Crippen LogP contribution in [0.1, 0.15) is 50.7 Å². The molecular formula is C18H28N2O. The summed E-state index contributed by atoms with van der Waals surface area (Å²) in [4.78, 5) is 15.1. The molecule has 1 aliphatic carbocycles. The van der Waals surface area contributed by atoms with Crippen molar-refractivity contribution in [1.82, 2.24) is 4.90 Å². The van der Waals surface area contributed by atoms with Crippen LogP contribution in [-0.2, 0) is 11.3 Å². The monoisotopic (exact) mass is 288 g/mol. The van der Waals surface area contributed by atoms with Gasteiger partial charge < -0.3 is 10.6 Å². The predicted molar refractivity (Wildman–Crippen MR) is 86.8 cm³/mol. The molecule has 0 aromatic heterocycles. The number of aryl methyl sites for hydroxylation is 1. The summed E-state index contributed by atoms with van der Waals surface area (Å²) in [6, 6.07) is 8.89. The van der Waals surface area contributed by atoms with Crippen molar-refractivity contribution in [3.8, 4) is 0 Å². The van der Waals surface area contributed by atoms with Crippen LogP contribution in [0.15, 0.2) is 24.3 Å². The molecule has 0 heterocycles. The first-order chi connectivity index (χ1) is 10.1. The molecule has 0 radical (unpaired) electrons. The van der Waals surface area contributed by atoms with Crippen LogP contribution in [0.2, 0.25) is 0 Å². The summed E-state index contributed by atoms with van der Waals surface area (Å²) < 4.78 is 0. The Hall–Kier alpha value is -1.35. The molecule has 1 aliphatic rings. The van der Waals surface area contributed by atoms with E-state index < -0.39 is 0 Å². The fraction of sp³-hybridized carbons (Fsp3) is 0.611. The van der Waals surface area contributed by atoms with Gasteiger partial charge in [-0.3, -0.25) is 4.79 Å². The third kappa shape index (κ3) is 3.46. The third-order valence-corrected chi connectivity index (χ3v) is 4.92. The van der Waals surface area contributed by atoms with Gasteiger partial charge in [-0.1, -0.05) is 43.7 Å². The maximum Gasteiger partial charge on any atom is 0.230 e. The Labute approximate surface area is 128 Å². The average Bonchev–Trinajstić information content (AvgIpc) is 3.33. The highest BCUT2D eigenvalue weighted by molar-refractivity contribution is 5.83. The molecular weight excluding hydrogens is 260 g/mol. The van der Waals surface area contributed by atoms with Gasteiger partial charge in [0.2, 0.25) is 5.91 Å². The van der Waals surface area contributed by atoms with Gasteiger partial charge in [0, 0.05) is 19.1 Å². The highest BCUT2D eigenvalue weighted by Crippen LogP contribution is 2.35. The Morgan fingerprint density at radius 3 is 2.24 bits per heavy atom. The summed E-state index contributed by atoms with van der Waals surface area (Å²) in [5, 5.41) is 0. The smallest absolute Gasteiger partial charge is 0.230 e. The molecule has 21 heavy (non-hydrogen) atoms. The molecule has 0 aliphatic heterocycles. The minimum Gasteiger partial charge on any atom is -0.335 e. The maximum atomic E-state index is 13.1. The van der Waals surface area contributed by atoms with Crippen molar-refractivity contribution in [2.75, 3.05) is 6.54 Å². The van der Waals surface area contributed by atoms with Crippen LogP contribution in [0.4, 0.5) is 0 Å². The molecule has 1 amide bonds. The second-order valence-corrected chi connectivity index (χ2v) is 6.34. The topological polar surface area (TPSA) is 46.3 Å². The molecule has 2 N–H and O–H groups in total. The fourth-order valence-corrected chi connectivity index (χ4v) is 2.88. The van der Waals surface area contributed by atoms with Crippen molar-refractivity contribution in [3.05, 3.63) is 35.4 Å². The zero-order valence-corrected chi connectivity index (χ0v) is 13.6. The summed E-state index contributed by atoms with van der Waals surface area (Å²) >= 11 is 0. The highest BCUT2D eigenvalue weighted by atomic mass is 16.2. The van der Waals surface area contributed by atoms with E-state index in [2.05, 4.69) is 49.9 Å². The van der Waals surface area contributed by atoms with Crippen molar-refractivity contribution in [3.63, 3.8) is 0 Å². The minimum absolute atomic E-state index is 0.248. The number of benzene rings is 1. The Morgan fingerprint density at radius 2 is 1.81 bits per heavy atom. The summed E-state index contributed by atoms with van der Waals surface area (Å²) in [7, 11) is 0. The van der Waals surface area contributed by atoms with E-state index in [9.17, 15) is 4.79 Å². The van der Waals surface area contributed by atoms with Crippen LogP contribution in [0.25, 0.3) is 0 Å². The highest BCUT2D eigenvalue weighted by Gasteiger charge is 2.42. The van der Waals surface area contributed by atoms with Gasteiger partial charge >= 0.3 is 0 Å². The number of hydrogen-bond acceptors (Lipinski definition) is 2. The van der Waals surface area contributed by atoms with Crippen LogP contribution in [0.5, 0.6) is 0 Å². The summed E-state index contributed by atoms with van der Waals surface area (Å²) in [6.45, 7) is 7.39. The molecule has 2 rings (SSSR count). The Balaban J connectivity index is 2.18. The second kappa shape index (κ2) is 6.61. The number of carbonyl (C=O) groups excluding carboxylic acids is 1. The van der Waals surface area contributed by atoms with Gasteiger partial charge in [-0.15, -0.1) is 0 Å². The lowest BCUT2D eigenvalue weighted by Gasteiger charge is -2.35. The van der Waals surface area contributed by atoms with E-state index in [-0.39, 0.29) is 11.3 Å². The first-order valence-corrected chi connectivity index (χ1v) is 8.13. The van der Waals surface area contributed by atoms with E-state index in [1.54, 1.807) is 0 Å². The Kier molecular flexibility index (Phi) is 5.04. The van der Waals surface area contributed by atoms with Crippen molar-refractivity contribution >= 4 is 5.91 Å². The van der Waals surface area contributed by atoms with Crippen LogP contribution in [0, 0.1) is 12.3 Å². The molecule has 0 atom stereocenters.